The van der Waals surface area contributed by atoms with Crippen LogP contribution in [0.1, 0.15) is 16.5 Å². The Morgan fingerprint density at radius 1 is 1.16 bits per heavy atom. The summed E-state index contributed by atoms with van der Waals surface area (Å²) in [5.41, 5.74) is 2.57. The second kappa shape index (κ2) is 7.51. The Morgan fingerprint density at radius 3 is 2.40 bits per heavy atom. The van der Waals surface area contributed by atoms with E-state index in [-0.39, 0.29) is 11.8 Å². The Bertz CT molecular complexity index is 761. The van der Waals surface area contributed by atoms with E-state index < -0.39 is 10.8 Å². The molecule has 0 aromatic heterocycles. The molecule has 3 nitrogen and oxygen atoms in total. The number of ether oxygens (including phenoxy) is 1. The summed E-state index contributed by atoms with van der Waals surface area (Å²) in [5, 5.41) is -1.12. The maximum absolute atomic E-state index is 12.6. The minimum Gasteiger partial charge on any atom is -0.497 e. The molecule has 1 amide bonds. The molecule has 0 spiro atoms. The molecule has 0 radical (unpaired) electrons. The maximum Gasteiger partial charge on any atom is 0.245 e. The number of halogens is 2. The van der Waals surface area contributed by atoms with Crippen molar-refractivity contribution in [3.05, 3.63) is 78.0 Å². The largest absolute Gasteiger partial charge is 0.497 e. The molecule has 1 aliphatic heterocycles. The highest BCUT2D eigenvalue weighted by Gasteiger charge is 2.46. The molecule has 1 heterocycles. The maximum atomic E-state index is 12.6. The molecular weight excluding hydrogens is 357 g/mol. The smallest absolute Gasteiger partial charge is 0.245 e. The number of likely N-dealkylation sites (tertiary alicyclic amines) is 1. The molecule has 3 rings (SSSR count). The van der Waals surface area contributed by atoms with E-state index in [1.54, 1.807) is 12.0 Å². The SMILES string of the molecule is C=C1C(C(Cl)c2ccccc2)C(Cl)C(=O)N1Cc1ccc(OC)cc1. The molecule has 2 aromatic rings. The monoisotopic (exact) mass is 375 g/mol. The summed E-state index contributed by atoms with van der Waals surface area (Å²) >= 11 is 13.1. The van der Waals surface area contributed by atoms with Crippen LogP contribution in [0.2, 0.25) is 0 Å². The second-order valence-electron chi connectivity index (χ2n) is 6.00. The lowest BCUT2D eigenvalue weighted by Gasteiger charge is -2.22. The topological polar surface area (TPSA) is 29.5 Å². The molecule has 25 heavy (non-hydrogen) atoms. The highest BCUT2D eigenvalue weighted by molar-refractivity contribution is 6.33. The summed E-state index contributed by atoms with van der Waals surface area (Å²) in [5.74, 6) is 0.277. The van der Waals surface area contributed by atoms with E-state index in [1.165, 1.54) is 0 Å². The lowest BCUT2D eigenvalue weighted by Crippen LogP contribution is -2.26. The number of carbonyl (C=O) groups excluding carboxylic acids is 1. The van der Waals surface area contributed by atoms with Gasteiger partial charge in [0.25, 0.3) is 0 Å². The van der Waals surface area contributed by atoms with Crippen LogP contribution < -0.4 is 4.74 Å². The minimum atomic E-state index is -0.714. The van der Waals surface area contributed by atoms with Crippen LogP contribution in [0.15, 0.2) is 66.9 Å². The van der Waals surface area contributed by atoms with Crippen LogP contribution in [0, 0.1) is 5.92 Å². The van der Waals surface area contributed by atoms with Gasteiger partial charge >= 0.3 is 0 Å². The number of hydrogen-bond acceptors (Lipinski definition) is 2. The highest BCUT2D eigenvalue weighted by atomic mass is 35.5. The van der Waals surface area contributed by atoms with Gasteiger partial charge in [-0.05, 0) is 23.3 Å². The standard InChI is InChI=1S/C20H19Cl2NO2/c1-13-17(18(21)15-6-4-3-5-7-15)19(22)20(24)23(13)12-14-8-10-16(25-2)11-9-14/h3-11,17-19H,1,12H2,2H3. The van der Waals surface area contributed by atoms with Crippen molar-refractivity contribution in [2.45, 2.75) is 17.3 Å². The molecule has 0 bridgehead atoms. The van der Waals surface area contributed by atoms with Gasteiger partial charge in [0.2, 0.25) is 5.91 Å². The normalized spacial score (nSPS) is 21.5. The molecule has 3 atom stereocenters. The van der Waals surface area contributed by atoms with E-state index in [0.717, 1.165) is 16.9 Å². The second-order valence-corrected chi connectivity index (χ2v) is 6.94. The van der Waals surface area contributed by atoms with Gasteiger partial charge in [0, 0.05) is 11.6 Å². The molecule has 5 heteroatoms. The van der Waals surface area contributed by atoms with Gasteiger partial charge in [-0.15, -0.1) is 23.2 Å². The van der Waals surface area contributed by atoms with E-state index in [2.05, 4.69) is 6.58 Å². The van der Waals surface area contributed by atoms with Gasteiger partial charge < -0.3 is 9.64 Å². The fourth-order valence-electron chi connectivity index (χ4n) is 3.05. The quantitative estimate of drug-likeness (QED) is 0.705. The van der Waals surface area contributed by atoms with Crippen LogP contribution in [-0.4, -0.2) is 23.3 Å². The fraction of sp³-hybridized carbons (Fsp3) is 0.250. The Hall–Kier alpha value is -1.97. The zero-order valence-electron chi connectivity index (χ0n) is 13.9. The van der Waals surface area contributed by atoms with E-state index in [4.69, 9.17) is 27.9 Å². The zero-order chi connectivity index (χ0) is 18.0. The molecule has 0 N–H and O–H groups in total. The first-order valence-electron chi connectivity index (χ1n) is 7.99. The molecule has 130 valence electrons. The molecule has 0 aliphatic carbocycles. The first-order valence-corrected chi connectivity index (χ1v) is 8.86. The van der Waals surface area contributed by atoms with Gasteiger partial charge in [0.05, 0.1) is 19.0 Å². The molecule has 1 saturated heterocycles. The number of allylic oxidation sites excluding steroid dienone is 1. The number of benzene rings is 2. The average Bonchev–Trinajstić information content (AvgIpc) is 2.86. The number of alkyl halides is 2. The lowest BCUT2D eigenvalue weighted by atomic mass is 9.95. The summed E-state index contributed by atoms with van der Waals surface area (Å²) in [6, 6.07) is 17.2. The van der Waals surface area contributed by atoms with Crippen molar-refractivity contribution in [1.82, 2.24) is 4.90 Å². The Kier molecular flexibility index (Phi) is 5.36. The van der Waals surface area contributed by atoms with Crippen molar-refractivity contribution >= 4 is 29.1 Å². The summed E-state index contributed by atoms with van der Waals surface area (Å²) < 4.78 is 5.16. The number of amides is 1. The van der Waals surface area contributed by atoms with Crippen molar-refractivity contribution in [2.24, 2.45) is 5.92 Å². The van der Waals surface area contributed by atoms with Crippen LogP contribution in [0.3, 0.4) is 0 Å². The number of carbonyl (C=O) groups is 1. The number of methoxy groups -OCH3 is 1. The van der Waals surface area contributed by atoms with Crippen molar-refractivity contribution in [3.8, 4) is 5.75 Å². The van der Waals surface area contributed by atoms with E-state index in [9.17, 15) is 4.79 Å². The first-order chi connectivity index (χ1) is 12.0. The summed E-state index contributed by atoms with van der Waals surface area (Å²) in [6.45, 7) is 4.52. The third kappa shape index (κ3) is 3.53. The fourth-order valence-corrected chi connectivity index (χ4v) is 3.97. The third-order valence-electron chi connectivity index (χ3n) is 4.48. The van der Waals surface area contributed by atoms with Crippen molar-refractivity contribution in [1.29, 1.82) is 0 Å². The molecule has 1 fully saturated rings. The highest BCUT2D eigenvalue weighted by Crippen LogP contribution is 2.44. The zero-order valence-corrected chi connectivity index (χ0v) is 15.4. The Balaban J connectivity index is 1.80. The van der Waals surface area contributed by atoms with Crippen LogP contribution in [0.25, 0.3) is 0 Å². The molecule has 3 unspecified atom stereocenters. The lowest BCUT2D eigenvalue weighted by molar-refractivity contribution is -0.126. The molecule has 2 aromatic carbocycles. The van der Waals surface area contributed by atoms with Crippen molar-refractivity contribution in [3.63, 3.8) is 0 Å². The summed E-state index contributed by atoms with van der Waals surface area (Å²) in [4.78, 5) is 14.3. The van der Waals surface area contributed by atoms with E-state index >= 15 is 0 Å². The molecule has 1 aliphatic rings. The van der Waals surface area contributed by atoms with Crippen molar-refractivity contribution < 1.29 is 9.53 Å². The van der Waals surface area contributed by atoms with Crippen LogP contribution >= 0.6 is 23.2 Å². The van der Waals surface area contributed by atoms with Gasteiger partial charge in [0.1, 0.15) is 11.1 Å². The Morgan fingerprint density at radius 2 is 1.80 bits per heavy atom. The van der Waals surface area contributed by atoms with Crippen LogP contribution in [0.5, 0.6) is 5.75 Å². The molecule has 0 saturated carbocycles. The summed E-state index contributed by atoms with van der Waals surface area (Å²) in [7, 11) is 1.62. The first kappa shape index (κ1) is 17.8. The minimum absolute atomic E-state index is 0.158. The number of nitrogens with zero attached hydrogens (tertiary/aromatic N) is 1. The van der Waals surface area contributed by atoms with Gasteiger partial charge in [-0.2, -0.15) is 0 Å². The predicted octanol–water partition coefficient (Wildman–Crippen LogP) is 4.75. The average molecular weight is 376 g/mol. The van der Waals surface area contributed by atoms with Gasteiger partial charge in [-0.3, -0.25) is 4.79 Å². The van der Waals surface area contributed by atoms with Crippen molar-refractivity contribution in [2.75, 3.05) is 7.11 Å². The number of hydrogen-bond donors (Lipinski definition) is 0. The van der Waals surface area contributed by atoms with Crippen LogP contribution in [0.4, 0.5) is 0 Å². The van der Waals surface area contributed by atoms with Gasteiger partial charge in [-0.1, -0.05) is 49.0 Å². The van der Waals surface area contributed by atoms with Gasteiger partial charge in [0.15, 0.2) is 0 Å². The van der Waals surface area contributed by atoms with Gasteiger partial charge in [-0.25, -0.2) is 0 Å². The van der Waals surface area contributed by atoms with E-state index in [0.29, 0.717) is 12.2 Å². The van der Waals surface area contributed by atoms with Crippen LogP contribution in [-0.2, 0) is 11.3 Å². The molecular formula is C20H19Cl2NO2. The van der Waals surface area contributed by atoms with E-state index in [1.807, 2.05) is 54.6 Å². The summed E-state index contributed by atoms with van der Waals surface area (Å²) in [6.07, 6.45) is 0. The predicted molar refractivity (Wildman–Crippen MR) is 101 cm³/mol. The third-order valence-corrected chi connectivity index (χ3v) is 5.46. The number of rotatable bonds is 5. The Labute approximate surface area is 157 Å².